The van der Waals surface area contributed by atoms with Gasteiger partial charge in [0.05, 0.1) is 13.3 Å². The summed E-state index contributed by atoms with van der Waals surface area (Å²) in [7, 11) is 1.58. The summed E-state index contributed by atoms with van der Waals surface area (Å²) in [6.45, 7) is 3.04. The van der Waals surface area contributed by atoms with Gasteiger partial charge in [-0.2, -0.15) is 0 Å². The van der Waals surface area contributed by atoms with E-state index in [-0.39, 0.29) is 6.61 Å². The van der Waals surface area contributed by atoms with Gasteiger partial charge in [0.2, 0.25) is 6.61 Å². The Labute approximate surface area is 157 Å². The average molecular weight is 370 g/mol. The molecule has 2 aromatic rings. The summed E-state index contributed by atoms with van der Waals surface area (Å²) in [5, 5.41) is 6.39. The number of anilines is 1. The molecule has 0 aliphatic carbocycles. The van der Waals surface area contributed by atoms with E-state index in [1.165, 1.54) is 6.21 Å². The lowest BCUT2D eigenvalue weighted by Crippen LogP contribution is -2.22. The van der Waals surface area contributed by atoms with Crippen LogP contribution in [0.15, 0.2) is 47.6 Å². The molecule has 2 rings (SSSR count). The molecule has 0 radical (unpaired) electrons. The van der Waals surface area contributed by atoms with E-state index in [4.69, 9.17) is 14.3 Å². The van der Waals surface area contributed by atoms with E-state index in [0.717, 1.165) is 22.4 Å². The van der Waals surface area contributed by atoms with E-state index in [0.29, 0.717) is 5.69 Å². The number of carbonyl (C=O) groups is 2. The van der Waals surface area contributed by atoms with Gasteiger partial charge < -0.3 is 19.6 Å². The van der Waals surface area contributed by atoms with Crippen LogP contribution in [0.5, 0.6) is 5.75 Å². The fourth-order valence-corrected chi connectivity index (χ4v) is 2.12. The van der Waals surface area contributed by atoms with Crippen LogP contribution in [0.25, 0.3) is 0 Å². The summed E-state index contributed by atoms with van der Waals surface area (Å²) in [4.78, 5) is 28.4. The lowest BCUT2D eigenvalue weighted by molar-refractivity contribution is -0.151. The molecular formula is C20H22N2O5. The first-order chi connectivity index (χ1) is 13.0. The van der Waals surface area contributed by atoms with Crippen molar-refractivity contribution in [2.24, 2.45) is 5.16 Å². The SMILES string of the molecule is COc1ccc(/C=N\OCC(=O)OCC(=O)Nc2cc(C)ccc2C)cc1. The molecule has 7 heteroatoms. The molecule has 1 amide bonds. The van der Waals surface area contributed by atoms with Gasteiger partial charge in [0.15, 0.2) is 6.61 Å². The molecule has 7 nitrogen and oxygen atoms in total. The normalized spacial score (nSPS) is 10.5. The average Bonchev–Trinajstić information content (AvgIpc) is 2.67. The zero-order valence-electron chi connectivity index (χ0n) is 15.5. The van der Waals surface area contributed by atoms with Crippen molar-refractivity contribution < 1.29 is 23.9 Å². The number of esters is 1. The Morgan fingerprint density at radius 2 is 1.81 bits per heavy atom. The number of amides is 1. The largest absolute Gasteiger partial charge is 0.497 e. The predicted molar refractivity (Wildman–Crippen MR) is 102 cm³/mol. The van der Waals surface area contributed by atoms with Gasteiger partial charge in [-0.1, -0.05) is 17.3 Å². The molecule has 0 atom stereocenters. The number of carbonyl (C=O) groups excluding carboxylic acids is 2. The Morgan fingerprint density at radius 3 is 2.52 bits per heavy atom. The van der Waals surface area contributed by atoms with Crippen molar-refractivity contribution in [3.8, 4) is 5.75 Å². The van der Waals surface area contributed by atoms with Gasteiger partial charge in [0.1, 0.15) is 5.75 Å². The van der Waals surface area contributed by atoms with Gasteiger partial charge in [-0.05, 0) is 60.9 Å². The zero-order valence-corrected chi connectivity index (χ0v) is 15.5. The van der Waals surface area contributed by atoms with Crippen molar-refractivity contribution in [2.45, 2.75) is 13.8 Å². The third-order valence-corrected chi connectivity index (χ3v) is 3.61. The maximum Gasteiger partial charge on any atom is 0.347 e. The number of hydrogen-bond acceptors (Lipinski definition) is 6. The summed E-state index contributed by atoms with van der Waals surface area (Å²) in [6.07, 6.45) is 1.46. The van der Waals surface area contributed by atoms with Crippen LogP contribution < -0.4 is 10.1 Å². The van der Waals surface area contributed by atoms with Crippen molar-refractivity contribution in [1.82, 2.24) is 0 Å². The second kappa shape index (κ2) is 9.96. The van der Waals surface area contributed by atoms with E-state index in [1.807, 2.05) is 32.0 Å². The molecule has 0 aliphatic rings. The van der Waals surface area contributed by atoms with Crippen LogP contribution in [0.3, 0.4) is 0 Å². The Morgan fingerprint density at radius 1 is 1.07 bits per heavy atom. The number of oxime groups is 1. The fourth-order valence-electron chi connectivity index (χ4n) is 2.12. The maximum absolute atomic E-state index is 11.9. The minimum atomic E-state index is -0.682. The van der Waals surface area contributed by atoms with Crippen LogP contribution in [0.2, 0.25) is 0 Å². The van der Waals surface area contributed by atoms with Gasteiger partial charge in [-0.25, -0.2) is 4.79 Å². The van der Waals surface area contributed by atoms with E-state index in [1.54, 1.807) is 31.4 Å². The Kier molecular flexibility index (Phi) is 7.37. The Bertz CT molecular complexity index is 816. The highest BCUT2D eigenvalue weighted by Gasteiger charge is 2.09. The molecule has 0 unspecified atom stereocenters. The summed E-state index contributed by atoms with van der Waals surface area (Å²) in [5.41, 5.74) is 3.43. The number of nitrogens with zero attached hydrogens (tertiary/aromatic N) is 1. The molecule has 0 saturated carbocycles. The third-order valence-electron chi connectivity index (χ3n) is 3.61. The summed E-state index contributed by atoms with van der Waals surface area (Å²) in [5.74, 6) is -0.368. The zero-order chi connectivity index (χ0) is 19.6. The monoisotopic (exact) mass is 370 g/mol. The third kappa shape index (κ3) is 6.81. The molecule has 2 aromatic carbocycles. The predicted octanol–water partition coefficient (Wildman–Crippen LogP) is 2.84. The Hall–Kier alpha value is -3.35. The number of methoxy groups -OCH3 is 1. The lowest BCUT2D eigenvalue weighted by Gasteiger charge is -2.09. The highest BCUT2D eigenvalue weighted by Crippen LogP contribution is 2.16. The molecule has 0 spiro atoms. The Balaban J connectivity index is 1.70. The van der Waals surface area contributed by atoms with E-state index in [9.17, 15) is 9.59 Å². The minimum Gasteiger partial charge on any atom is -0.497 e. The van der Waals surface area contributed by atoms with E-state index >= 15 is 0 Å². The van der Waals surface area contributed by atoms with Crippen molar-refractivity contribution in [3.05, 3.63) is 59.2 Å². The molecule has 1 N–H and O–H groups in total. The van der Waals surface area contributed by atoms with Gasteiger partial charge in [0, 0.05) is 5.69 Å². The topological polar surface area (TPSA) is 86.2 Å². The number of rotatable bonds is 8. The summed E-state index contributed by atoms with van der Waals surface area (Å²) < 4.78 is 9.91. The first kappa shape index (κ1) is 20.0. The highest BCUT2D eigenvalue weighted by atomic mass is 16.7. The van der Waals surface area contributed by atoms with Crippen molar-refractivity contribution in [2.75, 3.05) is 25.6 Å². The van der Waals surface area contributed by atoms with Crippen molar-refractivity contribution >= 4 is 23.8 Å². The van der Waals surface area contributed by atoms with Gasteiger partial charge in [-0.3, -0.25) is 4.79 Å². The van der Waals surface area contributed by atoms with Gasteiger partial charge >= 0.3 is 5.97 Å². The first-order valence-corrected chi connectivity index (χ1v) is 8.30. The minimum absolute atomic E-state index is 0.386. The molecule has 0 aliphatic heterocycles. The first-order valence-electron chi connectivity index (χ1n) is 8.30. The molecule has 0 aromatic heterocycles. The molecule has 142 valence electrons. The smallest absolute Gasteiger partial charge is 0.347 e. The number of nitrogens with one attached hydrogen (secondary N) is 1. The quantitative estimate of drug-likeness (QED) is 0.439. The van der Waals surface area contributed by atoms with Crippen LogP contribution in [0, 0.1) is 13.8 Å². The van der Waals surface area contributed by atoms with Gasteiger partial charge in [-0.15, -0.1) is 0 Å². The fraction of sp³-hybridized carbons (Fsp3) is 0.250. The molecule has 0 heterocycles. The van der Waals surface area contributed by atoms with Crippen LogP contribution in [-0.4, -0.2) is 38.4 Å². The molecular weight excluding hydrogens is 348 g/mol. The number of benzene rings is 2. The standard InChI is InChI=1S/C20H22N2O5/c1-14-4-5-15(2)18(10-14)22-19(23)12-26-20(24)13-27-21-11-16-6-8-17(25-3)9-7-16/h4-11H,12-13H2,1-3H3,(H,22,23)/b21-11-. The highest BCUT2D eigenvalue weighted by molar-refractivity contribution is 5.93. The number of aryl methyl sites for hydroxylation is 2. The van der Waals surface area contributed by atoms with Crippen molar-refractivity contribution in [1.29, 1.82) is 0 Å². The summed E-state index contributed by atoms with van der Waals surface area (Å²) in [6, 6.07) is 12.9. The van der Waals surface area contributed by atoms with E-state index < -0.39 is 18.5 Å². The molecule has 0 fully saturated rings. The lowest BCUT2D eigenvalue weighted by atomic mass is 10.1. The van der Waals surface area contributed by atoms with Crippen LogP contribution >= 0.6 is 0 Å². The second-order valence-electron chi connectivity index (χ2n) is 5.81. The number of hydrogen-bond donors (Lipinski definition) is 1. The van der Waals surface area contributed by atoms with Crippen molar-refractivity contribution in [3.63, 3.8) is 0 Å². The van der Waals surface area contributed by atoms with E-state index in [2.05, 4.69) is 10.5 Å². The van der Waals surface area contributed by atoms with Crippen LogP contribution in [-0.2, 0) is 19.2 Å². The van der Waals surface area contributed by atoms with Crippen LogP contribution in [0.1, 0.15) is 16.7 Å². The molecule has 0 saturated heterocycles. The molecule has 27 heavy (non-hydrogen) atoms. The summed E-state index contributed by atoms with van der Waals surface area (Å²) >= 11 is 0. The second-order valence-corrected chi connectivity index (χ2v) is 5.81. The van der Waals surface area contributed by atoms with Gasteiger partial charge in [0.25, 0.3) is 5.91 Å². The van der Waals surface area contributed by atoms with Crippen LogP contribution in [0.4, 0.5) is 5.69 Å². The molecule has 0 bridgehead atoms. The number of ether oxygens (including phenoxy) is 2. The maximum atomic E-state index is 11.9.